The minimum absolute atomic E-state index is 0.237. The SMILES string of the molecule is COc1cc(-c2cc(C)n(C)n2)ccc1F. The smallest absolute Gasteiger partial charge is 0.165 e. The summed E-state index contributed by atoms with van der Waals surface area (Å²) in [5.41, 5.74) is 2.72. The van der Waals surface area contributed by atoms with E-state index in [1.807, 2.05) is 20.0 Å². The summed E-state index contributed by atoms with van der Waals surface area (Å²) in [7, 11) is 3.32. The van der Waals surface area contributed by atoms with Crippen LogP contribution < -0.4 is 4.74 Å². The van der Waals surface area contributed by atoms with Crippen molar-refractivity contribution in [2.75, 3.05) is 7.11 Å². The van der Waals surface area contributed by atoms with Crippen LogP contribution in [0, 0.1) is 12.7 Å². The summed E-state index contributed by atoms with van der Waals surface area (Å²) in [6, 6.07) is 6.68. The van der Waals surface area contributed by atoms with Crippen LogP contribution in [0.15, 0.2) is 24.3 Å². The zero-order chi connectivity index (χ0) is 11.7. The summed E-state index contributed by atoms with van der Waals surface area (Å²) >= 11 is 0. The standard InChI is InChI=1S/C12H13FN2O/c1-8-6-11(14-15(8)2)9-4-5-10(13)12(7-9)16-3/h4-7H,1-3H3. The molecule has 0 saturated heterocycles. The third-order valence-electron chi connectivity index (χ3n) is 2.56. The zero-order valence-corrected chi connectivity index (χ0v) is 9.49. The Balaban J connectivity index is 2.48. The van der Waals surface area contributed by atoms with Crippen molar-refractivity contribution in [3.8, 4) is 17.0 Å². The van der Waals surface area contributed by atoms with Gasteiger partial charge in [0.2, 0.25) is 0 Å². The number of halogens is 1. The first-order chi connectivity index (χ1) is 7.61. The molecular weight excluding hydrogens is 207 g/mol. The average molecular weight is 220 g/mol. The van der Waals surface area contributed by atoms with Gasteiger partial charge in [-0.15, -0.1) is 0 Å². The predicted octanol–water partition coefficient (Wildman–Crippen LogP) is 2.54. The highest BCUT2D eigenvalue weighted by atomic mass is 19.1. The highest BCUT2D eigenvalue weighted by Gasteiger charge is 2.08. The first-order valence-corrected chi connectivity index (χ1v) is 4.96. The Kier molecular flexibility index (Phi) is 2.64. The molecule has 0 atom stereocenters. The van der Waals surface area contributed by atoms with Crippen molar-refractivity contribution < 1.29 is 9.13 Å². The second-order valence-corrected chi connectivity index (χ2v) is 3.64. The van der Waals surface area contributed by atoms with E-state index in [2.05, 4.69) is 5.10 Å². The summed E-state index contributed by atoms with van der Waals surface area (Å²) in [6.45, 7) is 1.97. The van der Waals surface area contributed by atoms with E-state index in [9.17, 15) is 4.39 Å². The summed E-state index contributed by atoms with van der Waals surface area (Å²) < 4.78 is 19.9. The Morgan fingerprint density at radius 3 is 2.62 bits per heavy atom. The molecule has 0 radical (unpaired) electrons. The van der Waals surface area contributed by atoms with E-state index in [1.54, 1.807) is 16.8 Å². The lowest BCUT2D eigenvalue weighted by atomic mass is 10.1. The Labute approximate surface area is 93.5 Å². The summed E-state index contributed by atoms with van der Waals surface area (Å²) in [4.78, 5) is 0. The molecule has 4 heteroatoms. The third kappa shape index (κ3) is 1.78. The maximum atomic E-state index is 13.2. The molecule has 0 N–H and O–H groups in total. The molecule has 2 rings (SSSR count). The minimum Gasteiger partial charge on any atom is -0.494 e. The van der Waals surface area contributed by atoms with E-state index in [0.29, 0.717) is 0 Å². The van der Waals surface area contributed by atoms with Crippen LogP contribution in [0.3, 0.4) is 0 Å². The number of hydrogen-bond acceptors (Lipinski definition) is 2. The van der Waals surface area contributed by atoms with Gasteiger partial charge in [-0.1, -0.05) is 0 Å². The Bertz CT molecular complexity index is 500. The van der Waals surface area contributed by atoms with Crippen LogP contribution in [-0.4, -0.2) is 16.9 Å². The number of methoxy groups -OCH3 is 1. The highest BCUT2D eigenvalue weighted by molar-refractivity contribution is 5.61. The van der Waals surface area contributed by atoms with Crippen LogP contribution in [-0.2, 0) is 7.05 Å². The molecule has 0 aliphatic rings. The van der Waals surface area contributed by atoms with Crippen molar-refractivity contribution in [3.63, 3.8) is 0 Å². The van der Waals surface area contributed by atoms with Crippen molar-refractivity contribution >= 4 is 0 Å². The molecule has 0 aliphatic heterocycles. The number of ether oxygens (including phenoxy) is 1. The highest BCUT2D eigenvalue weighted by Crippen LogP contribution is 2.25. The van der Waals surface area contributed by atoms with Crippen LogP contribution in [0.1, 0.15) is 5.69 Å². The van der Waals surface area contributed by atoms with Crippen molar-refractivity contribution in [3.05, 3.63) is 35.8 Å². The van der Waals surface area contributed by atoms with E-state index in [-0.39, 0.29) is 11.6 Å². The number of aryl methyl sites for hydroxylation is 2. The monoisotopic (exact) mass is 220 g/mol. The first kappa shape index (κ1) is 10.7. The lowest BCUT2D eigenvalue weighted by molar-refractivity contribution is 0.387. The molecule has 84 valence electrons. The van der Waals surface area contributed by atoms with Crippen molar-refractivity contribution in [1.82, 2.24) is 9.78 Å². The molecule has 1 aromatic carbocycles. The van der Waals surface area contributed by atoms with Crippen LogP contribution in [0.2, 0.25) is 0 Å². The topological polar surface area (TPSA) is 27.1 Å². The number of benzene rings is 1. The number of aromatic nitrogens is 2. The van der Waals surface area contributed by atoms with Gasteiger partial charge in [-0.25, -0.2) is 4.39 Å². The lowest BCUT2D eigenvalue weighted by Gasteiger charge is -2.03. The fourth-order valence-corrected chi connectivity index (χ4v) is 1.52. The van der Waals surface area contributed by atoms with Crippen molar-refractivity contribution in [2.45, 2.75) is 6.92 Å². The lowest BCUT2D eigenvalue weighted by Crippen LogP contribution is -1.93. The predicted molar refractivity (Wildman–Crippen MR) is 59.9 cm³/mol. The summed E-state index contributed by atoms with van der Waals surface area (Å²) in [5, 5.41) is 4.32. The molecule has 2 aromatic rings. The second-order valence-electron chi connectivity index (χ2n) is 3.64. The van der Waals surface area contributed by atoms with Gasteiger partial charge in [0.15, 0.2) is 11.6 Å². The van der Waals surface area contributed by atoms with Gasteiger partial charge in [-0.05, 0) is 31.2 Å². The van der Waals surface area contributed by atoms with Crippen molar-refractivity contribution in [2.24, 2.45) is 7.05 Å². The third-order valence-corrected chi connectivity index (χ3v) is 2.56. The van der Waals surface area contributed by atoms with Crippen molar-refractivity contribution in [1.29, 1.82) is 0 Å². The van der Waals surface area contributed by atoms with Crippen LogP contribution in [0.25, 0.3) is 11.3 Å². The van der Waals surface area contributed by atoms with E-state index in [0.717, 1.165) is 17.0 Å². The first-order valence-electron chi connectivity index (χ1n) is 4.96. The molecule has 16 heavy (non-hydrogen) atoms. The van der Waals surface area contributed by atoms with E-state index in [1.165, 1.54) is 13.2 Å². The maximum absolute atomic E-state index is 13.2. The van der Waals surface area contributed by atoms with Gasteiger partial charge in [-0.2, -0.15) is 5.10 Å². The van der Waals surface area contributed by atoms with E-state index in [4.69, 9.17) is 4.74 Å². The second kappa shape index (κ2) is 3.96. The van der Waals surface area contributed by atoms with Crippen LogP contribution in [0.4, 0.5) is 4.39 Å². The van der Waals surface area contributed by atoms with Gasteiger partial charge in [0, 0.05) is 18.3 Å². The van der Waals surface area contributed by atoms with Gasteiger partial charge >= 0.3 is 0 Å². The number of rotatable bonds is 2. The quantitative estimate of drug-likeness (QED) is 0.777. The zero-order valence-electron chi connectivity index (χ0n) is 9.49. The van der Waals surface area contributed by atoms with Gasteiger partial charge < -0.3 is 4.74 Å². The normalized spacial score (nSPS) is 10.5. The molecule has 0 saturated carbocycles. The summed E-state index contributed by atoms with van der Waals surface area (Å²) in [6.07, 6.45) is 0. The van der Waals surface area contributed by atoms with Crippen LogP contribution >= 0.6 is 0 Å². The van der Waals surface area contributed by atoms with Gasteiger partial charge in [0.05, 0.1) is 12.8 Å². The van der Waals surface area contributed by atoms with Gasteiger partial charge in [0.25, 0.3) is 0 Å². The number of nitrogens with zero attached hydrogens (tertiary/aromatic N) is 2. The molecule has 0 unspecified atom stereocenters. The van der Waals surface area contributed by atoms with E-state index < -0.39 is 0 Å². The molecule has 0 aliphatic carbocycles. The fourth-order valence-electron chi connectivity index (χ4n) is 1.52. The van der Waals surface area contributed by atoms with Gasteiger partial charge in [0.1, 0.15) is 0 Å². The molecule has 1 heterocycles. The fraction of sp³-hybridized carbons (Fsp3) is 0.250. The Morgan fingerprint density at radius 2 is 2.06 bits per heavy atom. The largest absolute Gasteiger partial charge is 0.494 e. The maximum Gasteiger partial charge on any atom is 0.165 e. The van der Waals surface area contributed by atoms with E-state index >= 15 is 0 Å². The average Bonchev–Trinajstić information content (AvgIpc) is 2.60. The molecule has 0 spiro atoms. The van der Waals surface area contributed by atoms with Gasteiger partial charge in [-0.3, -0.25) is 4.68 Å². The molecular formula is C12H13FN2O. The molecule has 0 amide bonds. The molecule has 0 fully saturated rings. The Morgan fingerprint density at radius 1 is 1.31 bits per heavy atom. The molecule has 0 bridgehead atoms. The Hall–Kier alpha value is -1.84. The van der Waals surface area contributed by atoms with Crippen LogP contribution in [0.5, 0.6) is 5.75 Å². The summed E-state index contributed by atoms with van der Waals surface area (Å²) in [5.74, 6) is -0.125. The number of hydrogen-bond donors (Lipinski definition) is 0. The minimum atomic E-state index is -0.362. The molecule has 1 aromatic heterocycles. The molecule has 3 nitrogen and oxygen atoms in total.